The maximum absolute atomic E-state index is 12.5. The lowest BCUT2D eigenvalue weighted by molar-refractivity contribution is -0.145. The number of sulfone groups is 1. The molecule has 0 aliphatic carbocycles. The zero-order valence-corrected chi connectivity index (χ0v) is 15.4. The van der Waals surface area contributed by atoms with Crippen LogP contribution in [0.1, 0.15) is 18.6 Å². The number of esters is 1. The van der Waals surface area contributed by atoms with Crippen LogP contribution >= 0.6 is 27.5 Å². The quantitative estimate of drug-likeness (QED) is 0.685. The van der Waals surface area contributed by atoms with Gasteiger partial charge in [-0.1, -0.05) is 39.7 Å². The Labute approximate surface area is 148 Å². The Morgan fingerprint density at radius 2 is 1.70 bits per heavy atom. The first-order valence-corrected chi connectivity index (χ1v) is 9.51. The van der Waals surface area contributed by atoms with Gasteiger partial charge < -0.3 is 4.74 Å². The molecule has 0 N–H and O–H groups in total. The number of halogens is 2. The summed E-state index contributed by atoms with van der Waals surface area (Å²) >= 11 is 9.09. The van der Waals surface area contributed by atoms with Gasteiger partial charge in [-0.15, -0.1) is 0 Å². The van der Waals surface area contributed by atoms with E-state index in [-0.39, 0.29) is 10.6 Å². The second-order valence-electron chi connectivity index (χ2n) is 4.88. The van der Waals surface area contributed by atoms with Crippen LogP contribution in [-0.2, 0) is 19.4 Å². The van der Waals surface area contributed by atoms with Crippen LogP contribution in [0.5, 0.6) is 0 Å². The predicted molar refractivity (Wildman–Crippen MR) is 92.2 cm³/mol. The molecule has 1 atom stereocenters. The van der Waals surface area contributed by atoms with Crippen LogP contribution in [0.2, 0.25) is 5.02 Å². The summed E-state index contributed by atoms with van der Waals surface area (Å²) in [7, 11) is -3.63. The Kier molecular flexibility index (Phi) is 5.84. The molecular formula is C16H14BrClO4S. The molecule has 0 amide bonds. The lowest BCUT2D eigenvalue weighted by Gasteiger charge is -2.18. The fraction of sp³-hybridized carbons (Fsp3) is 0.188. The molecule has 0 bridgehead atoms. The standard InChI is InChI=1S/C16H14BrClO4S/c1-11(19)22-16(12-2-4-13(17)5-3-12)10-23(20,21)15-8-6-14(18)7-9-15/h2-9,16H,10H2,1H3. The minimum Gasteiger partial charge on any atom is -0.457 e. The third-order valence-electron chi connectivity index (χ3n) is 3.09. The maximum Gasteiger partial charge on any atom is 0.303 e. The van der Waals surface area contributed by atoms with E-state index in [1.807, 2.05) is 0 Å². The third-order valence-corrected chi connectivity index (χ3v) is 5.61. The first-order chi connectivity index (χ1) is 10.8. The minimum atomic E-state index is -3.63. The summed E-state index contributed by atoms with van der Waals surface area (Å²) in [6.45, 7) is 1.25. The van der Waals surface area contributed by atoms with E-state index in [2.05, 4.69) is 15.9 Å². The van der Waals surface area contributed by atoms with Crippen molar-refractivity contribution in [3.05, 3.63) is 63.6 Å². The first-order valence-electron chi connectivity index (χ1n) is 6.69. The summed E-state index contributed by atoms with van der Waals surface area (Å²) in [5.41, 5.74) is 0.612. The average molecular weight is 418 g/mol. The van der Waals surface area contributed by atoms with Crippen LogP contribution in [0.25, 0.3) is 0 Å². The molecule has 0 radical (unpaired) electrons. The van der Waals surface area contributed by atoms with Gasteiger partial charge in [0, 0.05) is 16.4 Å². The van der Waals surface area contributed by atoms with Gasteiger partial charge in [0.2, 0.25) is 0 Å². The summed E-state index contributed by atoms with van der Waals surface area (Å²) in [5.74, 6) is -0.875. The van der Waals surface area contributed by atoms with Crippen LogP contribution in [-0.4, -0.2) is 20.1 Å². The number of carbonyl (C=O) groups is 1. The van der Waals surface area contributed by atoms with Gasteiger partial charge in [0.25, 0.3) is 0 Å². The predicted octanol–water partition coefficient (Wildman–Crippen LogP) is 4.18. The smallest absolute Gasteiger partial charge is 0.303 e. The Balaban J connectivity index is 2.31. The van der Waals surface area contributed by atoms with Crippen molar-refractivity contribution >= 4 is 43.3 Å². The van der Waals surface area contributed by atoms with Crippen LogP contribution in [0, 0.1) is 0 Å². The summed E-state index contributed by atoms with van der Waals surface area (Å²) < 4.78 is 31.1. The van der Waals surface area contributed by atoms with Crippen LogP contribution < -0.4 is 0 Å². The van der Waals surface area contributed by atoms with E-state index in [0.29, 0.717) is 10.6 Å². The van der Waals surface area contributed by atoms with Crippen LogP contribution in [0.4, 0.5) is 0 Å². The van der Waals surface area contributed by atoms with Gasteiger partial charge in [-0.25, -0.2) is 8.42 Å². The van der Waals surface area contributed by atoms with E-state index in [1.54, 1.807) is 24.3 Å². The number of ether oxygens (including phenoxy) is 1. The highest BCUT2D eigenvalue weighted by atomic mass is 79.9. The van der Waals surface area contributed by atoms with E-state index in [1.165, 1.54) is 31.2 Å². The van der Waals surface area contributed by atoms with Gasteiger partial charge in [0.15, 0.2) is 9.84 Å². The molecule has 0 aliphatic rings. The van der Waals surface area contributed by atoms with E-state index in [0.717, 1.165) is 4.47 Å². The second-order valence-corrected chi connectivity index (χ2v) is 8.27. The van der Waals surface area contributed by atoms with Crippen molar-refractivity contribution in [2.45, 2.75) is 17.9 Å². The van der Waals surface area contributed by atoms with Gasteiger partial charge >= 0.3 is 5.97 Å². The van der Waals surface area contributed by atoms with E-state index in [4.69, 9.17) is 16.3 Å². The topological polar surface area (TPSA) is 60.4 Å². The molecule has 7 heteroatoms. The van der Waals surface area contributed by atoms with Gasteiger partial charge in [-0.05, 0) is 42.0 Å². The van der Waals surface area contributed by atoms with Gasteiger partial charge in [-0.2, -0.15) is 0 Å². The van der Waals surface area contributed by atoms with E-state index in [9.17, 15) is 13.2 Å². The molecule has 0 aliphatic heterocycles. The monoisotopic (exact) mass is 416 g/mol. The van der Waals surface area contributed by atoms with Gasteiger partial charge in [-0.3, -0.25) is 4.79 Å². The fourth-order valence-electron chi connectivity index (χ4n) is 2.01. The molecule has 23 heavy (non-hydrogen) atoms. The number of hydrogen-bond acceptors (Lipinski definition) is 4. The summed E-state index contributed by atoms with van der Waals surface area (Å²) in [6.07, 6.45) is -0.874. The van der Waals surface area contributed by atoms with Crippen molar-refractivity contribution in [1.29, 1.82) is 0 Å². The molecule has 122 valence electrons. The maximum atomic E-state index is 12.5. The molecule has 0 spiro atoms. The molecule has 0 heterocycles. The fourth-order valence-corrected chi connectivity index (χ4v) is 3.81. The Bertz CT molecular complexity index is 786. The van der Waals surface area contributed by atoms with Crippen LogP contribution in [0.15, 0.2) is 57.9 Å². The highest BCUT2D eigenvalue weighted by Crippen LogP contribution is 2.25. The zero-order valence-electron chi connectivity index (χ0n) is 12.2. The van der Waals surface area contributed by atoms with Crippen molar-refractivity contribution in [3.8, 4) is 0 Å². The van der Waals surface area contributed by atoms with E-state index >= 15 is 0 Å². The van der Waals surface area contributed by atoms with Crippen molar-refractivity contribution < 1.29 is 17.9 Å². The summed E-state index contributed by atoms with van der Waals surface area (Å²) in [4.78, 5) is 11.5. The number of benzene rings is 2. The third kappa shape index (κ3) is 5.06. The molecule has 0 saturated heterocycles. The van der Waals surface area contributed by atoms with Crippen LogP contribution in [0.3, 0.4) is 0 Å². The number of carbonyl (C=O) groups excluding carboxylic acids is 1. The molecule has 0 aromatic heterocycles. The zero-order chi connectivity index (χ0) is 17.0. The lowest BCUT2D eigenvalue weighted by atomic mass is 10.1. The van der Waals surface area contributed by atoms with Gasteiger partial charge in [0.1, 0.15) is 6.10 Å². The molecule has 1 unspecified atom stereocenters. The molecule has 4 nitrogen and oxygen atoms in total. The molecule has 0 saturated carbocycles. The van der Waals surface area contributed by atoms with Gasteiger partial charge in [0.05, 0.1) is 10.6 Å². The molecule has 0 fully saturated rings. The summed E-state index contributed by atoms with van der Waals surface area (Å²) in [5, 5.41) is 0.452. The summed E-state index contributed by atoms with van der Waals surface area (Å²) in [6, 6.07) is 12.9. The first kappa shape index (κ1) is 18.0. The molecular weight excluding hydrogens is 404 g/mol. The van der Waals surface area contributed by atoms with Crippen molar-refractivity contribution in [1.82, 2.24) is 0 Å². The average Bonchev–Trinajstić information content (AvgIpc) is 2.47. The largest absolute Gasteiger partial charge is 0.457 e. The van der Waals surface area contributed by atoms with E-state index < -0.39 is 21.9 Å². The Hall–Kier alpha value is -1.37. The number of hydrogen-bond donors (Lipinski definition) is 0. The van der Waals surface area contributed by atoms with Crippen molar-refractivity contribution in [3.63, 3.8) is 0 Å². The SMILES string of the molecule is CC(=O)OC(CS(=O)(=O)c1ccc(Cl)cc1)c1ccc(Br)cc1. The molecule has 2 rings (SSSR count). The van der Waals surface area contributed by atoms with Crippen molar-refractivity contribution in [2.24, 2.45) is 0 Å². The molecule has 2 aromatic carbocycles. The second kappa shape index (κ2) is 7.47. The lowest BCUT2D eigenvalue weighted by Crippen LogP contribution is -2.19. The highest BCUT2D eigenvalue weighted by Gasteiger charge is 2.25. The Morgan fingerprint density at radius 3 is 2.22 bits per heavy atom. The number of rotatable bonds is 5. The normalized spacial score (nSPS) is 12.7. The van der Waals surface area contributed by atoms with Crippen molar-refractivity contribution in [2.75, 3.05) is 5.75 Å². The highest BCUT2D eigenvalue weighted by molar-refractivity contribution is 9.10. The molecule has 2 aromatic rings. The Morgan fingerprint density at radius 1 is 1.13 bits per heavy atom. The minimum absolute atomic E-state index is 0.135.